The molecule has 0 atom stereocenters. The van der Waals surface area contributed by atoms with Crippen molar-refractivity contribution in [2.45, 2.75) is 0 Å². The molecule has 10 aromatic rings. The molecule has 0 aliphatic rings. The minimum absolute atomic E-state index is 0.630. The zero-order valence-corrected chi connectivity index (χ0v) is 28.9. The van der Waals surface area contributed by atoms with Gasteiger partial charge in [0.05, 0.1) is 22.3 Å². The van der Waals surface area contributed by atoms with Gasteiger partial charge in [-0.25, -0.2) is 0 Å². The van der Waals surface area contributed by atoms with Crippen LogP contribution in [0, 0.1) is 11.3 Å². The lowest BCUT2D eigenvalue weighted by atomic mass is 9.83. The highest BCUT2D eigenvalue weighted by atomic mass is 15.0. The molecule has 10 rings (SSSR count). The lowest BCUT2D eigenvalue weighted by molar-refractivity contribution is 1.17. The van der Waals surface area contributed by atoms with Crippen LogP contribution in [0.5, 0.6) is 0 Å². The average molecular weight is 673 g/mol. The molecule has 2 heteroatoms. The Bertz CT molecular complexity index is 2960. The van der Waals surface area contributed by atoms with Gasteiger partial charge in [-0.05, 0) is 90.3 Å². The van der Waals surface area contributed by atoms with E-state index in [9.17, 15) is 5.26 Å². The molecule has 0 fully saturated rings. The first kappa shape index (κ1) is 30.6. The van der Waals surface area contributed by atoms with Gasteiger partial charge in [0, 0.05) is 10.8 Å². The third kappa shape index (κ3) is 4.87. The third-order valence-corrected chi connectivity index (χ3v) is 10.7. The molecule has 2 nitrogen and oxygen atoms in total. The summed E-state index contributed by atoms with van der Waals surface area (Å²) >= 11 is 0. The van der Waals surface area contributed by atoms with Crippen LogP contribution in [0.15, 0.2) is 194 Å². The van der Waals surface area contributed by atoms with Crippen molar-refractivity contribution in [1.29, 1.82) is 5.26 Å². The molecule has 1 heterocycles. The number of benzene rings is 9. The molecule has 0 unspecified atom stereocenters. The molecule has 0 radical (unpaired) electrons. The molecule has 0 saturated carbocycles. The normalized spacial score (nSPS) is 11.4. The summed E-state index contributed by atoms with van der Waals surface area (Å²) in [6.07, 6.45) is 0. The van der Waals surface area contributed by atoms with Crippen LogP contribution in [-0.4, -0.2) is 4.57 Å². The van der Waals surface area contributed by atoms with E-state index < -0.39 is 0 Å². The molecule has 246 valence electrons. The molecule has 53 heavy (non-hydrogen) atoms. The molecule has 0 saturated heterocycles. The fourth-order valence-electron chi connectivity index (χ4n) is 8.41. The van der Waals surface area contributed by atoms with Crippen LogP contribution in [0.1, 0.15) is 5.56 Å². The molecule has 0 spiro atoms. The van der Waals surface area contributed by atoms with Gasteiger partial charge in [0.15, 0.2) is 0 Å². The number of para-hydroxylation sites is 2. The van der Waals surface area contributed by atoms with Gasteiger partial charge < -0.3 is 4.57 Å². The number of hydrogen-bond acceptors (Lipinski definition) is 1. The van der Waals surface area contributed by atoms with Crippen molar-refractivity contribution in [3.63, 3.8) is 0 Å². The van der Waals surface area contributed by atoms with Crippen molar-refractivity contribution in [1.82, 2.24) is 4.57 Å². The van der Waals surface area contributed by atoms with Crippen molar-refractivity contribution in [2.24, 2.45) is 0 Å². The number of hydrogen-bond donors (Lipinski definition) is 0. The zero-order chi connectivity index (χ0) is 35.3. The number of nitrogens with zero attached hydrogens (tertiary/aromatic N) is 2. The largest absolute Gasteiger partial charge is 0.308 e. The zero-order valence-electron chi connectivity index (χ0n) is 28.9. The monoisotopic (exact) mass is 672 g/mol. The molecule has 1 aromatic heterocycles. The van der Waals surface area contributed by atoms with Crippen LogP contribution in [-0.2, 0) is 0 Å². The summed E-state index contributed by atoms with van der Waals surface area (Å²) in [5.74, 6) is 0. The molecular formula is C51H32N2. The summed E-state index contributed by atoms with van der Waals surface area (Å²) in [6.45, 7) is 0. The van der Waals surface area contributed by atoms with E-state index in [0.29, 0.717) is 5.56 Å². The quantitative estimate of drug-likeness (QED) is 0.167. The predicted octanol–water partition coefficient (Wildman–Crippen LogP) is 13.6. The van der Waals surface area contributed by atoms with Gasteiger partial charge >= 0.3 is 0 Å². The van der Waals surface area contributed by atoms with E-state index in [-0.39, 0.29) is 0 Å². The Morgan fingerprint density at radius 1 is 0.340 bits per heavy atom. The SMILES string of the molecule is N#Cc1cc(-c2ccccc2-c2ccccc2-c2c3ccccc3c(-c3ccccc3)c3ccccc23)ccc1-n1c2ccccc2c2ccccc21. The maximum absolute atomic E-state index is 10.7. The van der Waals surface area contributed by atoms with Crippen LogP contribution in [0.25, 0.3) is 93.5 Å². The smallest absolute Gasteiger partial charge is 0.101 e. The summed E-state index contributed by atoms with van der Waals surface area (Å²) < 4.78 is 2.23. The van der Waals surface area contributed by atoms with Gasteiger partial charge in [-0.2, -0.15) is 5.26 Å². The first-order chi connectivity index (χ1) is 26.3. The second-order valence-corrected chi connectivity index (χ2v) is 13.5. The highest BCUT2D eigenvalue weighted by Gasteiger charge is 2.21. The molecule has 0 bridgehead atoms. The first-order valence-corrected chi connectivity index (χ1v) is 18.0. The van der Waals surface area contributed by atoms with Crippen LogP contribution < -0.4 is 0 Å². The molecule has 0 aliphatic heterocycles. The molecule has 0 amide bonds. The number of rotatable bonds is 5. The average Bonchev–Trinajstić information content (AvgIpc) is 3.57. The van der Waals surface area contributed by atoms with Crippen molar-refractivity contribution in [3.8, 4) is 56.3 Å². The summed E-state index contributed by atoms with van der Waals surface area (Å²) in [7, 11) is 0. The Balaban J connectivity index is 1.19. The summed E-state index contributed by atoms with van der Waals surface area (Å²) in [5, 5.41) is 17.9. The Kier molecular flexibility index (Phi) is 7.23. The third-order valence-electron chi connectivity index (χ3n) is 10.7. The Labute approximate surface area is 308 Å². The highest BCUT2D eigenvalue weighted by Crippen LogP contribution is 2.47. The van der Waals surface area contributed by atoms with Crippen molar-refractivity contribution in [3.05, 3.63) is 200 Å². The number of fused-ring (bicyclic) bond motifs is 5. The van der Waals surface area contributed by atoms with E-state index in [1.165, 1.54) is 54.6 Å². The number of aromatic nitrogens is 1. The minimum Gasteiger partial charge on any atom is -0.308 e. The van der Waals surface area contributed by atoms with Crippen molar-refractivity contribution in [2.75, 3.05) is 0 Å². The summed E-state index contributed by atoms with van der Waals surface area (Å²) in [6, 6.07) is 71.5. The van der Waals surface area contributed by atoms with Gasteiger partial charge in [0.25, 0.3) is 0 Å². The predicted molar refractivity (Wildman–Crippen MR) is 222 cm³/mol. The summed E-state index contributed by atoms with van der Waals surface area (Å²) in [4.78, 5) is 0. The maximum Gasteiger partial charge on any atom is 0.101 e. The van der Waals surface area contributed by atoms with Crippen LogP contribution in [0.4, 0.5) is 0 Å². The maximum atomic E-state index is 10.7. The van der Waals surface area contributed by atoms with Crippen molar-refractivity contribution < 1.29 is 0 Å². The van der Waals surface area contributed by atoms with E-state index in [1.54, 1.807) is 0 Å². The molecule has 9 aromatic carbocycles. The highest BCUT2D eigenvalue weighted by molar-refractivity contribution is 6.22. The van der Waals surface area contributed by atoms with E-state index in [1.807, 2.05) is 0 Å². The lowest BCUT2D eigenvalue weighted by Gasteiger charge is -2.20. The van der Waals surface area contributed by atoms with Gasteiger partial charge in [-0.3, -0.25) is 0 Å². The standard InChI is InChI=1S/C51H32N2/c52-33-36-32-35(30-31-47(36)53-48-28-14-12-21-40(48)41-22-13-15-29-49(41)53)37-18-4-5-19-38(37)39-20-6-7-23-42(39)51-45-26-10-8-24-43(45)50(34-16-2-1-3-17-34)44-25-9-11-27-46(44)51/h1-32H. The molecular weight excluding hydrogens is 641 g/mol. The Morgan fingerprint density at radius 3 is 1.34 bits per heavy atom. The number of nitriles is 1. The van der Waals surface area contributed by atoms with Crippen LogP contribution >= 0.6 is 0 Å². The van der Waals surface area contributed by atoms with Crippen LogP contribution in [0.2, 0.25) is 0 Å². The first-order valence-electron chi connectivity index (χ1n) is 18.0. The molecule has 0 aliphatic carbocycles. The minimum atomic E-state index is 0.630. The van der Waals surface area contributed by atoms with E-state index in [4.69, 9.17) is 0 Å². The van der Waals surface area contributed by atoms with Gasteiger partial charge in [-0.1, -0.05) is 170 Å². The Morgan fingerprint density at radius 2 is 0.774 bits per heavy atom. The van der Waals surface area contributed by atoms with Crippen LogP contribution in [0.3, 0.4) is 0 Å². The second-order valence-electron chi connectivity index (χ2n) is 13.5. The van der Waals surface area contributed by atoms with Gasteiger partial charge in [0.2, 0.25) is 0 Å². The summed E-state index contributed by atoms with van der Waals surface area (Å²) in [5.41, 5.74) is 12.9. The van der Waals surface area contributed by atoms with E-state index in [2.05, 4.69) is 205 Å². The Hall–Kier alpha value is -7.21. The van der Waals surface area contributed by atoms with Crippen molar-refractivity contribution >= 4 is 43.4 Å². The molecule has 0 N–H and O–H groups in total. The fraction of sp³-hybridized carbons (Fsp3) is 0. The van der Waals surface area contributed by atoms with Gasteiger partial charge in [-0.15, -0.1) is 0 Å². The topological polar surface area (TPSA) is 28.7 Å². The lowest BCUT2D eigenvalue weighted by Crippen LogP contribution is -1.98. The van der Waals surface area contributed by atoms with E-state index >= 15 is 0 Å². The second kappa shape index (κ2) is 12.5. The van der Waals surface area contributed by atoms with E-state index in [0.717, 1.165) is 39.0 Å². The fourth-order valence-corrected chi connectivity index (χ4v) is 8.41. The van der Waals surface area contributed by atoms with Gasteiger partial charge in [0.1, 0.15) is 6.07 Å².